The molecule has 0 spiro atoms. The molecule has 1 N–H and O–H groups in total. The third-order valence-electron chi connectivity index (χ3n) is 3.91. The van der Waals surface area contributed by atoms with E-state index in [-0.39, 0.29) is 17.9 Å². The SMILES string of the molecule is COc1ccc(C2SCCC(=O)N2CCSCCO)c(OC)c1OC. The number of thioether (sulfide) groups is 2. The predicted octanol–water partition coefficient (Wildman–Crippen LogP) is 2.40. The number of carbonyl (C=O) groups excluding carboxylic acids is 1. The van der Waals surface area contributed by atoms with Gasteiger partial charge in [0.2, 0.25) is 11.7 Å². The first-order valence-corrected chi connectivity index (χ1v) is 10.3. The van der Waals surface area contributed by atoms with E-state index >= 15 is 0 Å². The molecule has 6 nitrogen and oxygen atoms in total. The Kier molecular flexibility index (Phi) is 8.05. The van der Waals surface area contributed by atoms with Crippen LogP contribution in [-0.4, -0.2) is 67.7 Å². The molecule has 1 aromatic carbocycles. The van der Waals surface area contributed by atoms with E-state index in [1.807, 2.05) is 17.0 Å². The Morgan fingerprint density at radius 2 is 1.96 bits per heavy atom. The molecule has 25 heavy (non-hydrogen) atoms. The monoisotopic (exact) mass is 387 g/mol. The van der Waals surface area contributed by atoms with Crippen molar-refractivity contribution < 1.29 is 24.1 Å². The van der Waals surface area contributed by atoms with E-state index in [4.69, 9.17) is 19.3 Å². The van der Waals surface area contributed by atoms with Crippen LogP contribution < -0.4 is 14.2 Å². The molecule has 1 atom stereocenters. The predicted molar refractivity (Wildman–Crippen MR) is 102 cm³/mol. The Balaban J connectivity index is 2.31. The van der Waals surface area contributed by atoms with E-state index in [1.165, 1.54) is 0 Å². The summed E-state index contributed by atoms with van der Waals surface area (Å²) in [6, 6.07) is 3.78. The van der Waals surface area contributed by atoms with Crippen LogP contribution in [0.3, 0.4) is 0 Å². The zero-order chi connectivity index (χ0) is 18.2. The van der Waals surface area contributed by atoms with Gasteiger partial charge in [-0.05, 0) is 12.1 Å². The second-order valence-corrected chi connectivity index (χ2v) is 7.73. The normalized spacial score (nSPS) is 17.5. The van der Waals surface area contributed by atoms with Crippen LogP contribution in [0.25, 0.3) is 0 Å². The molecule has 0 aromatic heterocycles. The summed E-state index contributed by atoms with van der Waals surface area (Å²) in [6.45, 7) is 0.791. The number of carbonyl (C=O) groups is 1. The van der Waals surface area contributed by atoms with Crippen LogP contribution >= 0.6 is 23.5 Å². The van der Waals surface area contributed by atoms with E-state index in [9.17, 15) is 4.79 Å². The molecule has 0 bridgehead atoms. The van der Waals surface area contributed by atoms with Crippen LogP contribution in [0.5, 0.6) is 17.2 Å². The summed E-state index contributed by atoms with van der Waals surface area (Å²) in [5.74, 6) is 4.13. The van der Waals surface area contributed by atoms with Crippen molar-refractivity contribution in [3.05, 3.63) is 17.7 Å². The largest absolute Gasteiger partial charge is 0.493 e. The van der Waals surface area contributed by atoms with Gasteiger partial charge in [-0.2, -0.15) is 11.8 Å². The molecule has 1 saturated heterocycles. The molecule has 8 heteroatoms. The number of rotatable bonds is 9. The summed E-state index contributed by atoms with van der Waals surface area (Å²) in [7, 11) is 4.75. The van der Waals surface area contributed by atoms with Crippen molar-refractivity contribution in [2.24, 2.45) is 0 Å². The van der Waals surface area contributed by atoms with Crippen molar-refractivity contribution in [3.8, 4) is 17.2 Å². The number of ether oxygens (including phenoxy) is 3. The molecule has 1 unspecified atom stereocenters. The van der Waals surface area contributed by atoms with Crippen LogP contribution in [0, 0.1) is 0 Å². The molecule has 1 amide bonds. The Morgan fingerprint density at radius 1 is 1.20 bits per heavy atom. The molecule has 1 heterocycles. The maximum atomic E-state index is 12.5. The number of hydrogen-bond donors (Lipinski definition) is 1. The zero-order valence-corrected chi connectivity index (χ0v) is 16.5. The lowest BCUT2D eigenvalue weighted by atomic mass is 10.1. The second-order valence-electron chi connectivity index (χ2n) is 5.32. The van der Waals surface area contributed by atoms with Gasteiger partial charge in [-0.1, -0.05) is 0 Å². The molecule has 0 aliphatic carbocycles. The van der Waals surface area contributed by atoms with Crippen LogP contribution in [0.2, 0.25) is 0 Å². The zero-order valence-electron chi connectivity index (χ0n) is 14.8. The van der Waals surface area contributed by atoms with Crippen molar-refractivity contribution in [2.45, 2.75) is 11.8 Å². The number of benzene rings is 1. The van der Waals surface area contributed by atoms with E-state index in [2.05, 4.69) is 0 Å². The number of nitrogens with zero attached hydrogens (tertiary/aromatic N) is 1. The van der Waals surface area contributed by atoms with Crippen molar-refractivity contribution in [3.63, 3.8) is 0 Å². The average Bonchev–Trinajstić information content (AvgIpc) is 2.64. The fourth-order valence-electron chi connectivity index (χ4n) is 2.77. The van der Waals surface area contributed by atoms with Crippen molar-refractivity contribution in [2.75, 3.05) is 51.7 Å². The highest BCUT2D eigenvalue weighted by Gasteiger charge is 2.33. The summed E-state index contributed by atoms with van der Waals surface area (Å²) in [6.07, 6.45) is 0.543. The van der Waals surface area contributed by atoms with E-state index in [0.717, 1.165) is 17.1 Å². The summed E-state index contributed by atoms with van der Waals surface area (Å²) in [4.78, 5) is 14.4. The summed E-state index contributed by atoms with van der Waals surface area (Å²) >= 11 is 3.36. The van der Waals surface area contributed by atoms with Gasteiger partial charge in [0.05, 0.1) is 27.9 Å². The molecule has 1 aliphatic heterocycles. The van der Waals surface area contributed by atoms with Gasteiger partial charge in [-0.25, -0.2) is 0 Å². The minimum absolute atomic E-state index is 0.120. The van der Waals surface area contributed by atoms with Crippen LogP contribution in [0.4, 0.5) is 0 Å². The van der Waals surface area contributed by atoms with Gasteiger partial charge in [-0.3, -0.25) is 4.79 Å². The third kappa shape index (κ3) is 4.68. The lowest BCUT2D eigenvalue weighted by Crippen LogP contribution is -2.39. The summed E-state index contributed by atoms with van der Waals surface area (Å²) < 4.78 is 16.4. The van der Waals surface area contributed by atoms with Gasteiger partial charge in [0.25, 0.3) is 0 Å². The van der Waals surface area contributed by atoms with E-state index in [1.54, 1.807) is 44.9 Å². The highest BCUT2D eigenvalue weighted by molar-refractivity contribution is 7.99. The topological polar surface area (TPSA) is 68.2 Å². The second kappa shape index (κ2) is 10.0. The van der Waals surface area contributed by atoms with Gasteiger partial charge < -0.3 is 24.2 Å². The van der Waals surface area contributed by atoms with Crippen LogP contribution in [-0.2, 0) is 4.79 Å². The van der Waals surface area contributed by atoms with Crippen molar-refractivity contribution >= 4 is 29.4 Å². The number of methoxy groups -OCH3 is 3. The molecule has 0 radical (unpaired) electrons. The third-order valence-corrected chi connectivity index (χ3v) is 6.11. The fraction of sp³-hybridized carbons (Fsp3) is 0.588. The minimum atomic E-state index is -0.120. The molecule has 140 valence electrons. The Bertz CT molecular complexity index is 584. The first-order valence-electron chi connectivity index (χ1n) is 8.06. The maximum Gasteiger partial charge on any atom is 0.224 e. The van der Waals surface area contributed by atoms with E-state index < -0.39 is 0 Å². The van der Waals surface area contributed by atoms with Crippen LogP contribution in [0.15, 0.2) is 12.1 Å². The lowest BCUT2D eigenvalue weighted by molar-refractivity contribution is -0.131. The molecular formula is C17H25NO5S2. The van der Waals surface area contributed by atoms with E-state index in [0.29, 0.717) is 36.0 Å². The molecule has 1 aliphatic rings. The minimum Gasteiger partial charge on any atom is -0.493 e. The first-order chi connectivity index (χ1) is 12.2. The number of aliphatic hydroxyl groups is 1. The average molecular weight is 388 g/mol. The lowest BCUT2D eigenvalue weighted by Gasteiger charge is -2.36. The number of amides is 1. The Morgan fingerprint density at radius 3 is 2.60 bits per heavy atom. The fourth-order valence-corrected chi connectivity index (χ4v) is 4.71. The molecule has 2 rings (SSSR count). The highest BCUT2D eigenvalue weighted by atomic mass is 32.2. The summed E-state index contributed by atoms with van der Waals surface area (Å²) in [5, 5.41) is 8.79. The Labute approximate surface area is 157 Å². The van der Waals surface area contributed by atoms with Gasteiger partial charge in [0.15, 0.2) is 11.5 Å². The maximum absolute atomic E-state index is 12.5. The van der Waals surface area contributed by atoms with Crippen molar-refractivity contribution in [1.29, 1.82) is 0 Å². The Hall–Kier alpha value is -1.25. The van der Waals surface area contributed by atoms with Gasteiger partial charge in [0, 0.05) is 35.8 Å². The first kappa shape index (κ1) is 20.1. The smallest absolute Gasteiger partial charge is 0.224 e. The van der Waals surface area contributed by atoms with Gasteiger partial charge in [-0.15, -0.1) is 11.8 Å². The van der Waals surface area contributed by atoms with Crippen LogP contribution in [0.1, 0.15) is 17.4 Å². The standard InChI is InChI=1S/C17H25NO5S2/c1-21-13-5-4-12(15(22-2)16(13)23-3)17-18(7-10-24-11-8-19)14(20)6-9-25-17/h4-5,17,19H,6-11H2,1-3H3. The number of aliphatic hydroxyl groups excluding tert-OH is 1. The molecule has 1 aromatic rings. The molecule has 1 fully saturated rings. The summed E-state index contributed by atoms with van der Waals surface area (Å²) in [5.41, 5.74) is 0.908. The molecule has 0 saturated carbocycles. The quantitative estimate of drug-likeness (QED) is 0.653. The van der Waals surface area contributed by atoms with Crippen molar-refractivity contribution in [1.82, 2.24) is 4.90 Å². The number of hydrogen-bond acceptors (Lipinski definition) is 7. The molecular weight excluding hydrogens is 362 g/mol. The van der Waals surface area contributed by atoms with Gasteiger partial charge >= 0.3 is 0 Å². The highest BCUT2D eigenvalue weighted by Crippen LogP contribution is 2.47. The van der Waals surface area contributed by atoms with Gasteiger partial charge in [0.1, 0.15) is 5.37 Å².